The van der Waals surface area contributed by atoms with Gasteiger partial charge in [-0.2, -0.15) is 0 Å². The van der Waals surface area contributed by atoms with Gasteiger partial charge in [-0.15, -0.1) is 0 Å². The Morgan fingerprint density at radius 1 is 1.16 bits per heavy atom. The van der Waals surface area contributed by atoms with Crippen molar-refractivity contribution in [2.45, 2.75) is 11.4 Å². The van der Waals surface area contributed by atoms with Gasteiger partial charge in [-0.25, -0.2) is 26.7 Å². The van der Waals surface area contributed by atoms with E-state index < -0.39 is 20.0 Å². The van der Waals surface area contributed by atoms with E-state index in [4.69, 9.17) is 5.14 Å². The molecule has 9 heteroatoms. The minimum Gasteiger partial charge on any atom is -0.384 e. The molecule has 19 heavy (non-hydrogen) atoms. The third-order valence-corrected chi connectivity index (χ3v) is 4.52. The number of methoxy groups -OCH3 is 1. The van der Waals surface area contributed by atoms with Crippen LogP contribution in [0.25, 0.3) is 0 Å². The lowest BCUT2D eigenvalue weighted by molar-refractivity contribution is 0.217. The van der Waals surface area contributed by atoms with Crippen LogP contribution in [-0.2, 0) is 31.3 Å². The molecule has 0 aliphatic rings. The Bertz CT molecular complexity index is 608. The second kappa shape index (κ2) is 6.44. The van der Waals surface area contributed by atoms with Crippen LogP contribution in [0.15, 0.2) is 29.2 Å². The van der Waals surface area contributed by atoms with Gasteiger partial charge < -0.3 is 4.74 Å². The number of ether oxygens (including phenoxy) is 1. The zero-order valence-corrected chi connectivity index (χ0v) is 12.0. The van der Waals surface area contributed by atoms with Crippen molar-refractivity contribution in [3.05, 3.63) is 29.8 Å². The summed E-state index contributed by atoms with van der Waals surface area (Å²) in [5, 5.41) is 4.95. The van der Waals surface area contributed by atoms with Gasteiger partial charge in [-0.05, 0) is 17.7 Å². The van der Waals surface area contributed by atoms with Gasteiger partial charge in [-0.1, -0.05) is 12.1 Å². The van der Waals surface area contributed by atoms with E-state index in [-0.39, 0.29) is 23.8 Å². The molecule has 0 aliphatic carbocycles. The molecule has 0 heterocycles. The molecule has 0 aliphatic heterocycles. The summed E-state index contributed by atoms with van der Waals surface area (Å²) in [4.78, 5) is -0.0153. The number of hydrogen-bond acceptors (Lipinski definition) is 5. The maximum atomic E-state index is 11.5. The molecule has 0 aromatic heterocycles. The van der Waals surface area contributed by atoms with Crippen LogP contribution in [0.1, 0.15) is 5.56 Å². The van der Waals surface area contributed by atoms with Crippen LogP contribution in [0.4, 0.5) is 0 Å². The van der Waals surface area contributed by atoms with Crippen LogP contribution in [-0.4, -0.2) is 36.3 Å². The summed E-state index contributed by atoms with van der Waals surface area (Å²) in [7, 11) is -5.71. The Morgan fingerprint density at radius 2 is 1.74 bits per heavy atom. The predicted octanol–water partition coefficient (Wildman–Crippen LogP) is -0.600. The highest BCUT2D eigenvalue weighted by atomic mass is 32.2. The average Bonchev–Trinajstić information content (AvgIpc) is 2.34. The fraction of sp³-hybridized carbons (Fsp3) is 0.400. The molecule has 1 aromatic rings. The first kappa shape index (κ1) is 16.1. The van der Waals surface area contributed by atoms with Gasteiger partial charge in [-0.3, -0.25) is 0 Å². The molecule has 0 radical (unpaired) electrons. The lowest BCUT2D eigenvalue weighted by Crippen LogP contribution is -2.27. The quantitative estimate of drug-likeness (QED) is 0.698. The Labute approximate surface area is 112 Å². The number of sulfonamides is 2. The van der Waals surface area contributed by atoms with Crippen LogP contribution in [0.5, 0.6) is 0 Å². The maximum Gasteiger partial charge on any atom is 0.238 e. The standard InChI is InChI=1S/C10H16N2O5S2/c1-17-6-7-18(13,14)12-8-9-2-4-10(5-3-9)19(11,15)16/h2-5,12H,6-8H2,1H3,(H2,11,15,16). The zero-order valence-electron chi connectivity index (χ0n) is 10.4. The monoisotopic (exact) mass is 308 g/mol. The second-order valence-electron chi connectivity index (χ2n) is 3.82. The summed E-state index contributed by atoms with van der Waals surface area (Å²) in [5.74, 6) is -0.126. The first-order valence-corrected chi connectivity index (χ1v) is 8.52. The van der Waals surface area contributed by atoms with Crippen molar-refractivity contribution in [1.82, 2.24) is 4.72 Å². The molecule has 0 saturated heterocycles. The minimum absolute atomic E-state index is 0.0153. The molecule has 3 N–H and O–H groups in total. The normalized spacial score (nSPS) is 12.5. The molecule has 1 rings (SSSR count). The van der Waals surface area contributed by atoms with Crippen LogP contribution < -0.4 is 9.86 Å². The molecule has 7 nitrogen and oxygen atoms in total. The first-order valence-electron chi connectivity index (χ1n) is 5.32. The number of primary sulfonamides is 1. The fourth-order valence-corrected chi connectivity index (χ4v) is 2.69. The third-order valence-electron chi connectivity index (χ3n) is 2.30. The van der Waals surface area contributed by atoms with Crippen LogP contribution in [0, 0.1) is 0 Å². The predicted molar refractivity (Wildman–Crippen MR) is 70.3 cm³/mol. The van der Waals surface area contributed by atoms with E-state index in [1.807, 2.05) is 0 Å². The van der Waals surface area contributed by atoms with E-state index >= 15 is 0 Å². The van der Waals surface area contributed by atoms with E-state index in [1.165, 1.54) is 31.4 Å². The molecule has 0 amide bonds. The highest BCUT2D eigenvalue weighted by Gasteiger charge is 2.10. The molecule has 0 fully saturated rings. The van der Waals surface area contributed by atoms with Crippen LogP contribution in [0.3, 0.4) is 0 Å². The van der Waals surface area contributed by atoms with Crippen molar-refractivity contribution in [2.24, 2.45) is 5.14 Å². The van der Waals surface area contributed by atoms with E-state index in [0.29, 0.717) is 5.56 Å². The molecular formula is C10H16N2O5S2. The Morgan fingerprint density at radius 3 is 2.21 bits per heavy atom. The number of hydrogen-bond donors (Lipinski definition) is 2. The van der Waals surface area contributed by atoms with Gasteiger partial charge in [0.1, 0.15) is 0 Å². The fourth-order valence-electron chi connectivity index (χ4n) is 1.26. The van der Waals surface area contributed by atoms with Crippen molar-refractivity contribution >= 4 is 20.0 Å². The molecule has 0 spiro atoms. The summed E-state index contributed by atoms with van der Waals surface area (Å²) in [6.45, 7) is 0.191. The molecule has 108 valence electrons. The molecule has 1 aromatic carbocycles. The molecular weight excluding hydrogens is 292 g/mol. The van der Waals surface area contributed by atoms with Gasteiger partial charge in [0.05, 0.1) is 17.3 Å². The highest BCUT2D eigenvalue weighted by Crippen LogP contribution is 2.08. The zero-order chi connectivity index (χ0) is 14.5. The average molecular weight is 308 g/mol. The summed E-state index contributed by atoms with van der Waals surface area (Å²) in [6.07, 6.45) is 0. The Kier molecular flexibility index (Phi) is 5.44. The van der Waals surface area contributed by atoms with Gasteiger partial charge in [0.25, 0.3) is 0 Å². The minimum atomic E-state index is -3.73. The smallest absolute Gasteiger partial charge is 0.238 e. The third kappa shape index (κ3) is 5.66. The Hall–Kier alpha value is -1.00. The van der Waals surface area contributed by atoms with Gasteiger partial charge >= 0.3 is 0 Å². The summed E-state index contributed by atoms with van der Waals surface area (Å²) in [5.41, 5.74) is 0.633. The first-order chi connectivity index (χ1) is 8.74. The number of nitrogens with two attached hydrogens (primary N) is 1. The van der Waals surface area contributed by atoms with Gasteiger partial charge in [0.15, 0.2) is 0 Å². The largest absolute Gasteiger partial charge is 0.384 e. The SMILES string of the molecule is COCCS(=O)(=O)NCc1ccc(S(N)(=O)=O)cc1. The van der Waals surface area contributed by atoms with E-state index in [2.05, 4.69) is 9.46 Å². The maximum absolute atomic E-state index is 11.5. The van der Waals surface area contributed by atoms with Crippen molar-refractivity contribution < 1.29 is 21.6 Å². The number of rotatable bonds is 7. The van der Waals surface area contributed by atoms with E-state index in [9.17, 15) is 16.8 Å². The molecule has 0 bridgehead atoms. The van der Waals surface area contributed by atoms with Crippen molar-refractivity contribution in [3.8, 4) is 0 Å². The number of benzene rings is 1. The van der Waals surface area contributed by atoms with Crippen molar-refractivity contribution in [1.29, 1.82) is 0 Å². The molecule has 0 unspecified atom stereocenters. The van der Waals surface area contributed by atoms with E-state index in [0.717, 1.165) is 0 Å². The van der Waals surface area contributed by atoms with Crippen molar-refractivity contribution in [3.63, 3.8) is 0 Å². The van der Waals surface area contributed by atoms with Crippen LogP contribution in [0.2, 0.25) is 0 Å². The van der Waals surface area contributed by atoms with Crippen LogP contribution >= 0.6 is 0 Å². The van der Waals surface area contributed by atoms with Gasteiger partial charge in [0, 0.05) is 13.7 Å². The van der Waals surface area contributed by atoms with E-state index in [1.54, 1.807) is 0 Å². The van der Waals surface area contributed by atoms with Gasteiger partial charge in [0.2, 0.25) is 20.0 Å². The second-order valence-corrected chi connectivity index (χ2v) is 7.31. The lowest BCUT2D eigenvalue weighted by Gasteiger charge is -2.06. The lowest BCUT2D eigenvalue weighted by atomic mass is 10.2. The topological polar surface area (TPSA) is 116 Å². The number of nitrogens with one attached hydrogen (secondary N) is 1. The summed E-state index contributed by atoms with van der Waals surface area (Å²) in [6, 6.07) is 5.65. The summed E-state index contributed by atoms with van der Waals surface area (Å²) >= 11 is 0. The highest BCUT2D eigenvalue weighted by molar-refractivity contribution is 7.89. The van der Waals surface area contributed by atoms with Crippen molar-refractivity contribution in [2.75, 3.05) is 19.5 Å². The molecule has 0 atom stereocenters. The molecule has 0 saturated carbocycles. The summed E-state index contributed by atoms with van der Waals surface area (Å²) < 4.78 is 52.1. The Balaban J connectivity index is 2.65.